The minimum atomic E-state index is 0.851. The molecule has 2 rings (SSSR count). The standard InChI is InChI=1S/C15H18OS2/c1-2-3-4-5-7-12-10-13(11-16)18-15(12)14-8-6-9-17-14/h6,8-11H,2-5,7H2,1H3. The number of hydrogen-bond donors (Lipinski definition) is 0. The van der Waals surface area contributed by atoms with Gasteiger partial charge in [0.15, 0.2) is 6.29 Å². The molecule has 0 radical (unpaired) electrons. The van der Waals surface area contributed by atoms with Gasteiger partial charge in [-0.15, -0.1) is 22.7 Å². The second-order valence-corrected chi connectivity index (χ2v) is 6.44. The van der Waals surface area contributed by atoms with Crippen molar-refractivity contribution in [2.75, 3.05) is 0 Å². The van der Waals surface area contributed by atoms with Gasteiger partial charge in [0, 0.05) is 9.75 Å². The molecule has 0 aliphatic carbocycles. The van der Waals surface area contributed by atoms with E-state index in [1.807, 2.05) is 0 Å². The van der Waals surface area contributed by atoms with Crippen molar-refractivity contribution in [2.24, 2.45) is 0 Å². The van der Waals surface area contributed by atoms with Crippen LogP contribution in [0.3, 0.4) is 0 Å². The van der Waals surface area contributed by atoms with Crippen LogP contribution in [0.25, 0.3) is 9.75 Å². The summed E-state index contributed by atoms with van der Waals surface area (Å²) >= 11 is 3.38. The fourth-order valence-corrected chi connectivity index (χ4v) is 3.97. The number of rotatable bonds is 7. The number of aryl methyl sites for hydroxylation is 1. The predicted octanol–water partition coefficient (Wildman–Crippen LogP) is 5.41. The Bertz CT molecular complexity index is 483. The maximum Gasteiger partial charge on any atom is 0.160 e. The van der Waals surface area contributed by atoms with Gasteiger partial charge in [0.25, 0.3) is 0 Å². The van der Waals surface area contributed by atoms with Gasteiger partial charge in [0.1, 0.15) is 0 Å². The largest absolute Gasteiger partial charge is 0.297 e. The maximum absolute atomic E-state index is 10.9. The molecule has 0 aliphatic rings. The summed E-state index contributed by atoms with van der Waals surface area (Å²) < 4.78 is 0. The van der Waals surface area contributed by atoms with Gasteiger partial charge in [0.05, 0.1) is 4.88 Å². The molecule has 0 fully saturated rings. The Morgan fingerprint density at radius 3 is 2.83 bits per heavy atom. The molecule has 2 heterocycles. The zero-order valence-electron chi connectivity index (χ0n) is 10.6. The van der Waals surface area contributed by atoms with Crippen LogP contribution in [-0.2, 0) is 6.42 Å². The topological polar surface area (TPSA) is 17.1 Å². The molecule has 1 nitrogen and oxygen atoms in total. The highest BCUT2D eigenvalue weighted by atomic mass is 32.1. The first kappa shape index (κ1) is 13.5. The molecule has 96 valence electrons. The quantitative estimate of drug-likeness (QED) is 0.489. The van der Waals surface area contributed by atoms with Crippen LogP contribution < -0.4 is 0 Å². The van der Waals surface area contributed by atoms with Crippen molar-refractivity contribution in [3.63, 3.8) is 0 Å². The van der Waals surface area contributed by atoms with E-state index in [0.717, 1.165) is 17.6 Å². The number of aldehydes is 1. The van der Waals surface area contributed by atoms with Crippen molar-refractivity contribution in [3.8, 4) is 9.75 Å². The van der Waals surface area contributed by atoms with Crippen molar-refractivity contribution in [1.82, 2.24) is 0 Å². The fraction of sp³-hybridized carbons (Fsp3) is 0.400. The van der Waals surface area contributed by atoms with E-state index in [4.69, 9.17) is 0 Å². The molecule has 0 aliphatic heterocycles. The van der Waals surface area contributed by atoms with Gasteiger partial charge in [-0.1, -0.05) is 32.3 Å². The van der Waals surface area contributed by atoms with Crippen LogP contribution in [-0.4, -0.2) is 6.29 Å². The van der Waals surface area contributed by atoms with Gasteiger partial charge in [0.2, 0.25) is 0 Å². The molecule has 0 N–H and O–H groups in total. The van der Waals surface area contributed by atoms with Crippen LogP contribution in [0.4, 0.5) is 0 Å². The van der Waals surface area contributed by atoms with Crippen LogP contribution in [0.15, 0.2) is 23.6 Å². The molecule has 0 atom stereocenters. The molecule has 0 bridgehead atoms. The van der Waals surface area contributed by atoms with Gasteiger partial charge in [-0.3, -0.25) is 4.79 Å². The Kier molecular flexibility index (Phi) is 5.14. The molecule has 2 aromatic heterocycles. The molecule has 0 aromatic carbocycles. The van der Waals surface area contributed by atoms with E-state index in [0.29, 0.717) is 0 Å². The van der Waals surface area contributed by atoms with Crippen molar-refractivity contribution in [3.05, 3.63) is 34.0 Å². The summed E-state index contributed by atoms with van der Waals surface area (Å²) in [6.07, 6.45) is 7.14. The smallest absolute Gasteiger partial charge is 0.160 e. The molecular weight excluding hydrogens is 260 g/mol. The number of unbranched alkanes of at least 4 members (excludes halogenated alkanes) is 3. The fourth-order valence-electron chi connectivity index (χ4n) is 2.05. The molecule has 0 spiro atoms. The van der Waals surface area contributed by atoms with E-state index < -0.39 is 0 Å². The highest BCUT2D eigenvalue weighted by molar-refractivity contribution is 7.22. The highest BCUT2D eigenvalue weighted by Crippen LogP contribution is 2.35. The maximum atomic E-state index is 10.9. The van der Waals surface area contributed by atoms with Gasteiger partial charge in [-0.2, -0.15) is 0 Å². The lowest BCUT2D eigenvalue weighted by molar-refractivity contribution is 0.112. The molecule has 2 aromatic rings. The van der Waals surface area contributed by atoms with Crippen LogP contribution in [0.1, 0.15) is 47.8 Å². The van der Waals surface area contributed by atoms with Gasteiger partial charge < -0.3 is 0 Å². The lowest BCUT2D eigenvalue weighted by Gasteiger charge is -2.01. The summed E-state index contributed by atoms with van der Waals surface area (Å²) in [5.41, 5.74) is 1.35. The minimum absolute atomic E-state index is 0.851. The van der Waals surface area contributed by atoms with E-state index in [1.54, 1.807) is 22.7 Å². The number of carbonyl (C=O) groups is 1. The summed E-state index contributed by atoms with van der Waals surface area (Å²) in [5.74, 6) is 0. The normalized spacial score (nSPS) is 10.7. The third-order valence-corrected chi connectivity index (χ3v) is 5.14. The van der Waals surface area contributed by atoms with Gasteiger partial charge >= 0.3 is 0 Å². The minimum Gasteiger partial charge on any atom is -0.297 e. The van der Waals surface area contributed by atoms with Gasteiger partial charge in [-0.25, -0.2) is 0 Å². The number of hydrogen-bond acceptors (Lipinski definition) is 3. The van der Waals surface area contributed by atoms with E-state index in [1.165, 1.54) is 41.0 Å². The molecular formula is C15H18OS2. The van der Waals surface area contributed by atoms with Crippen molar-refractivity contribution >= 4 is 29.0 Å². The summed E-state index contributed by atoms with van der Waals surface area (Å²) in [4.78, 5) is 14.4. The zero-order valence-corrected chi connectivity index (χ0v) is 12.3. The van der Waals surface area contributed by atoms with Crippen molar-refractivity contribution < 1.29 is 4.79 Å². The first-order valence-corrected chi connectivity index (χ1v) is 8.16. The third-order valence-electron chi connectivity index (χ3n) is 2.99. The van der Waals surface area contributed by atoms with E-state index >= 15 is 0 Å². The molecule has 0 amide bonds. The van der Waals surface area contributed by atoms with Crippen LogP contribution >= 0.6 is 22.7 Å². The number of carbonyl (C=O) groups excluding carboxylic acids is 1. The zero-order chi connectivity index (χ0) is 12.8. The summed E-state index contributed by atoms with van der Waals surface area (Å²) in [7, 11) is 0. The second kappa shape index (κ2) is 6.86. The Balaban J connectivity index is 2.12. The van der Waals surface area contributed by atoms with Crippen LogP contribution in [0.5, 0.6) is 0 Å². The first-order valence-electron chi connectivity index (χ1n) is 6.47. The number of thiophene rings is 2. The highest BCUT2D eigenvalue weighted by Gasteiger charge is 2.11. The monoisotopic (exact) mass is 278 g/mol. The summed E-state index contributed by atoms with van der Waals surface area (Å²) in [5, 5.41) is 2.09. The molecule has 18 heavy (non-hydrogen) atoms. The third kappa shape index (κ3) is 3.30. The van der Waals surface area contributed by atoms with Gasteiger partial charge in [-0.05, 0) is 35.9 Å². The van der Waals surface area contributed by atoms with Crippen molar-refractivity contribution in [1.29, 1.82) is 0 Å². The summed E-state index contributed by atoms with van der Waals surface area (Å²) in [6.45, 7) is 2.23. The van der Waals surface area contributed by atoms with Crippen LogP contribution in [0, 0.1) is 0 Å². The average molecular weight is 278 g/mol. The molecule has 3 heteroatoms. The lowest BCUT2D eigenvalue weighted by Crippen LogP contribution is -1.85. The summed E-state index contributed by atoms with van der Waals surface area (Å²) in [6, 6.07) is 6.28. The lowest BCUT2D eigenvalue weighted by atomic mass is 10.1. The van der Waals surface area contributed by atoms with Crippen molar-refractivity contribution in [2.45, 2.75) is 39.0 Å². The Morgan fingerprint density at radius 2 is 2.17 bits per heavy atom. The SMILES string of the molecule is CCCCCCc1cc(C=O)sc1-c1cccs1. The second-order valence-electron chi connectivity index (χ2n) is 4.41. The molecule has 0 saturated carbocycles. The van der Waals surface area contributed by atoms with E-state index in [9.17, 15) is 4.79 Å². The Morgan fingerprint density at radius 1 is 1.28 bits per heavy atom. The van der Waals surface area contributed by atoms with Crippen LogP contribution in [0.2, 0.25) is 0 Å². The Hall–Kier alpha value is -0.930. The predicted molar refractivity (Wildman–Crippen MR) is 80.9 cm³/mol. The van der Waals surface area contributed by atoms with E-state index in [-0.39, 0.29) is 0 Å². The molecule has 0 unspecified atom stereocenters. The average Bonchev–Trinajstić information content (AvgIpc) is 3.03. The van der Waals surface area contributed by atoms with E-state index in [2.05, 4.69) is 30.5 Å². The Labute approximate surface area is 116 Å². The molecule has 0 saturated heterocycles. The first-order chi connectivity index (χ1) is 8.85.